The molecule has 82 valence electrons. The molecule has 2 rings (SSSR count). The minimum Gasteiger partial charge on any atom is -0.347 e. The monoisotopic (exact) mass is 220 g/mol. The van der Waals surface area contributed by atoms with Gasteiger partial charge in [0.2, 0.25) is 0 Å². The van der Waals surface area contributed by atoms with Crippen molar-refractivity contribution in [3.05, 3.63) is 48.1 Å². The Labute approximate surface area is 90.7 Å². The number of aromatic amines is 1. The summed E-state index contributed by atoms with van der Waals surface area (Å²) in [6.45, 7) is 0.278. The maximum atomic E-state index is 13.2. The molecular formula is C10H9FN4O. The van der Waals surface area contributed by atoms with E-state index in [-0.39, 0.29) is 12.1 Å². The Balaban J connectivity index is 2.01. The number of nitrogens with zero attached hydrogens (tertiary/aromatic N) is 2. The third kappa shape index (κ3) is 2.22. The van der Waals surface area contributed by atoms with Gasteiger partial charge in [0.25, 0.3) is 5.91 Å². The summed E-state index contributed by atoms with van der Waals surface area (Å²) in [5, 5.41) is 2.56. The minimum absolute atomic E-state index is 0.0190. The molecule has 0 saturated carbocycles. The van der Waals surface area contributed by atoms with Crippen LogP contribution < -0.4 is 5.32 Å². The summed E-state index contributed by atoms with van der Waals surface area (Å²) in [7, 11) is 0. The lowest BCUT2D eigenvalue weighted by Gasteiger charge is -2.03. The Morgan fingerprint density at radius 1 is 1.44 bits per heavy atom. The molecule has 0 bridgehead atoms. The molecule has 1 amide bonds. The van der Waals surface area contributed by atoms with Crippen LogP contribution in [0.25, 0.3) is 0 Å². The smallest absolute Gasteiger partial charge is 0.254 e. The van der Waals surface area contributed by atoms with Gasteiger partial charge >= 0.3 is 0 Å². The van der Waals surface area contributed by atoms with E-state index in [9.17, 15) is 9.18 Å². The van der Waals surface area contributed by atoms with E-state index in [1.54, 1.807) is 6.20 Å². The third-order valence-corrected chi connectivity index (χ3v) is 2.01. The molecule has 0 aliphatic rings. The van der Waals surface area contributed by atoms with Crippen LogP contribution in [0.15, 0.2) is 31.0 Å². The van der Waals surface area contributed by atoms with Crippen molar-refractivity contribution in [2.45, 2.75) is 6.54 Å². The zero-order chi connectivity index (χ0) is 11.4. The highest BCUT2D eigenvalue weighted by atomic mass is 19.1. The molecule has 0 unspecified atom stereocenters. The highest BCUT2D eigenvalue weighted by Crippen LogP contribution is 2.04. The number of imidazole rings is 1. The number of rotatable bonds is 3. The molecule has 0 aliphatic heterocycles. The molecule has 0 saturated heterocycles. The van der Waals surface area contributed by atoms with Crippen LogP contribution in [0.1, 0.15) is 16.1 Å². The van der Waals surface area contributed by atoms with Crippen LogP contribution in [-0.2, 0) is 6.54 Å². The lowest BCUT2D eigenvalue weighted by atomic mass is 10.2. The number of H-pyrrole nitrogens is 1. The predicted octanol–water partition coefficient (Wildman–Crippen LogP) is 0.874. The average Bonchev–Trinajstić information content (AvgIpc) is 2.79. The van der Waals surface area contributed by atoms with Crippen LogP contribution in [0.5, 0.6) is 0 Å². The van der Waals surface area contributed by atoms with E-state index < -0.39 is 11.7 Å². The molecule has 0 aliphatic carbocycles. The van der Waals surface area contributed by atoms with Crippen molar-refractivity contribution >= 4 is 5.91 Å². The van der Waals surface area contributed by atoms with Gasteiger partial charge in [-0.3, -0.25) is 9.78 Å². The molecular weight excluding hydrogens is 211 g/mol. The molecule has 6 heteroatoms. The van der Waals surface area contributed by atoms with Crippen LogP contribution in [0.2, 0.25) is 0 Å². The standard InChI is InChI=1S/C10H9FN4O/c11-9-5-12-2-1-8(9)10(16)14-4-7-3-13-6-15-7/h1-3,5-6H,4H2,(H,13,15)(H,14,16). The fraction of sp³-hybridized carbons (Fsp3) is 0.100. The van der Waals surface area contributed by atoms with E-state index in [1.807, 2.05) is 0 Å². The van der Waals surface area contributed by atoms with Crippen LogP contribution in [-0.4, -0.2) is 20.9 Å². The first-order valence-electron chi connectivity index (χ1n) is 4.62. The summed E-state index contributed by atoms with van der Waals surface area (Å²) in [5.74, 6) is -1.11. The Morgan fingerprint density at radius 3 is 3.00 bits per heavy atom. The molecule has 0 fully saturated rings. The number of pyridine rings is 1. The second kappa shape index (κ2) is 4.52. The molecule has 5 nitrogen and oxygen atoms in total. The molecule has 2 N–H and O–H groups in total. The molecule has 2 heterocycles. The first kappa shape index (κ1) is 10.3. The van der Waals surface area contributed by atoms with E-state index >= 15 is 0 Å². The number of carbonyl (C=O) groups is 1. The zero-order valence-electron chi connectivity index (χ0n) is 8.27. The topological polar surface area (TPSA) is 70.7 Å². The average molecular weight is 220 g/mol. The lowest BCUT2D eigenvalue weighted by Crippen LogP contribution is -2.24. The van der Waals surface area contributed by atoms with E-state index in [0.29, 0.717) is 0 Å². The normalized spacial score (nSPS) is 10.1. The van der Waals surface area contributed by atoms with Crippen molar-refractivity contribution in [3.63, 3.8) is 0 Å². The van der Waals surface area contributed by atoms with Crippen molar-refractivity contribution in [2.75, 3.05) is 0 Å². The van der Waals surface area contributed by atoms with Crippen molar-refractivity contribution in [1.29, 1.82) is 0 Å². The molecule has 0 atom stereocenters. The predicted molar refractivity (Wildman–Crippen MR) is 54.0 cm³/mol. The Morgan fingerprint density at radius 2 is 2.31 bits per heavy atom. The fourth-order valence-corrected chi connectivity index (χ4v) is 1.21. The van der Waals surface area contributed by atoms with Crippen LogP contribution >= 0.6 is 0 Å². The van der Waals surface area contributed by atoms with E-state index in [0.717, 1.165) is 11.9 Å². The third-order valence-electron chi connectivity index (χ3n) is 2.01. The van der Waals surface area contributed by atoms with Gasteiger partial charge in [0.15, 0.2) is 5.82 Å². The summed E-state index contributed by atoms with van der Waals surface area (Å²) < 4.78 is 13.2. The number of carbonyl (C=O) groups excluding carboxylic acids is 1. The van der Waals surface area contributed by atoms with Crippen LogP contribution in [0.3, 0.4) is 0 Å². The maximum Gasteiger partial charge on any atom is 0.254 e. The number of hydrogen-bond acceptors (Lipinski definition) is 3. The number of amides is 1. The van der Waals surface area contributed by atoms with Crippen molar-refractivity contribution in [2.24, 2.45) is 0 Å². The van der Waals surface area contributed by atoms with E-state index in [4.69, 9.17) is 0 Å². The maximum absolute atomic E-state index is 13.2. The lowest BCUT2D eigenvalue weighted by molar-refractivity contribution is 0.0946. The Bertz CT molecular complexity index is 483. The quantitative estimate of drug-likeness (QED) is 0.806. The van der Waals surface area contributed by atoms with Gasteiger partial charge in [-0.15, -0.1) is 0 Å². The highest BCUT2D eigenvalue weighted by Gasteiger charge is 2.10. The molecule has 2 aromatic heterocycles. The summed E-state index contributed by atoms with van der Waals surface area (Å²) in [6.07, 6.45) is 5.47. The van der Waals surface area contributed by atoms with Gasteiger partial charge < -0.3 is 10.3 Å². The zero-order valence-corrected chi connectivity index (χ0v) is 8.27. The Kier molecular flexibility index (Phi) is 2.90. The van der Waals surface area contributed by atoms with Gasteiger partial charge in [0.05, 0.1) is 30.3 Å². The number of nitrogens with one attached hydrogen (secondary N) is 2. The first-order chi connectivity index (χ1) is 7.77. The molecule has 0 spiro atoms. The highest BCUT2D eigenvalue weighted by molar-refractivity contribution is 5.94. The number of halogens is 1. The van der Waals surface area contributed by atoms with E-state index in [2.05, 4.69) is 20.3 Å². The minimum atomic E-state index is -0.635. The van der Waals surface area contributed by atoms with Gasteiger partial charge in [0.1, 0.15) is 0 Å². The van der Waals surface area contributed by atoms with Crippen molar-refractivity contribution < 1.29 is 9.18 Å². The van der Waals surface area contributed by atoms with Gasteiger partial charge in [0, 0.05) is 12.4 Å². The molecule has 16 heavy (non-hydrogen) atoms. The second-order valence-corrected chi connectivity index (χ2v) is 3.12. The fourth-order valence-electron chi connectivity index (χ4n) is 1.21. The molecule has 0 aromatic carbocycles. The molecule has 0 radical (unpaired) electrons. The van der Waals surface area contributed by atoms with Crippen molar-refractivity contribution in [3.8, 4) is 0 Å². The van der Waals surface area contributed by atoms with Gasteiger partial charge in [-0.1, -0.05) is 0 Å². The summed E-state index contributed by atoms with van der Waals surface area (Å²) in [5.41, 5.74) is 0.734. The van der Waals surface area contributed by atoms with Crippen molar-refractivity contribution in [1.82, 2.24) is 20.3 Å². The largest absolute Gasteiger partial charge is 0.347 e. The summed E-state index contributed by atoms with van der Waals surface area (Å²) >= 11 is 0. The van der Waals surface area contributed by atoms with Gasteiger partial charge in [-0.05, 0) is 6.07 Å². The first-order valence-corrected chi connectivity index (χ1v) is 4.62. The second-order valence-electron chi connectivity index (χ2n) is 3.12. The Hall–Kier alpha value is -2.24. The summed E-state index contributed by atoms with van der Waals surface area (Å²) in [6, 6.07) is 1.33. The van der Waals surface area contributed by atoms with Gasteiger partial charge in [-0.2, -0.15) is 0 Å². The SMILES string of the molecule is O=C(NCc1cnc[nH]1)c1ccncc1F. The van der Waals surface area contributed by atoms with E-state index in [1.165, 1.54) is 18.6 Å². The number of hydrogen-bond donors (Lipinski definition) is 2. The van der Waals surface area contributed by atoms with Crippen LogP contribution in [0, 0.1) is 5.82 Å². The molecule has 2 aromatic rings. The number of aromatic nitrogens is 3. The summed E-state index contributed by atoms with van der Waals surface area (Å²) in [4.78, 5) is 21.7. The van der Waals surface area contributed by atoms with Crippen LogP contribution in [0.4, 0.5) is 4.39 Å². The van der Waals surface area contributed by atoms with Gasteiger partial charge in [-0.25, -0.2) is 9.37 Å².